The van der Waals surface area contributed by atoms with E-state index in [0.29, 0.717) is 6.54 Å². The third-order valence-corrected chi connectivity index (χ3v) is 1.46. The minimum atomic E-state index is -1.68. The molecule has 0 aliphatic heterocycles. The Kier molecular flexibility index (Phi) is 4.54. The summed E-state index contributed by atoms with van der Waals surface area (Å²) in [6, 6.07) is 0. The Morgan fingerprint density at radius 2 is 2.33 bits per heavy atom. The second kappa shape index (κ2) is 4.90. The molecule has 0 aromatic carbocycles. The highest BCUT2D eigenvalue weighted by Crippen LogP contribution is 2.00. The van der Waals surface area contributed by atoms with E-state index in [1.54, 1.807) is 6.08 Å². The number of hydrogen-bond donors (Lipinski definition) is 3. The highest BCUT2D eigenvalue weighted by atomic mass is 16.4. The molecule has 0 amide bonds. The number of aliphatic hydroxyl groups is 1. The zero-order valence-corrected chi connectivity index (χ0v) is 7.21. The molecule has 0 bridgehead atoms. The van der Waals surface area contributed by atoms with Crippen LogP contribution in [0.4, 0.5) is 0 Å². The third kappa shape index (κ3) is 4.10. The molecule has 0 saturated heterocycles. The lowest BCUT2D eigenvalue weighted by Gasteiger charge is -2.17. The Hall–Kier alpha value is -0.870. The van der Waals surface area contributed by atoms with E-state index in [1.165, 1.54) is 6.92 Å². The lowest BCUT2D eigenvalue weighted by molar-refractivity contribution is -0.156. The Balaban J connectivity index is 3.61. The van der Waals surface area contributed by atoms with Crippen LogP contribution in [0.3, 0.4) is 0 Å². The smallest absolute Gasteiger partial charge is 0.336 e. The van der Waals surface area contributed by atoms with Gasteiger partial charge in [0.1, 0.15) is 0 Å². The number of nitrogens with one attached hydrogen (secondary N) is 1. The van der Waals surface area contributed by atoms with Gasteiger partial charge in [0.05, 0.1) is 0 Å². The maximum absolute atomic E-state index is 10.4. The van der Waals surface area contributed by atoms with E-state index in [2.05, 4.69) is 11.9 Å². The van der Waals surface area contributed by atoms with Crippen LogP contribution in [0, 0.1) is 0 Å². The maximum Gasteiger partial charge on any atom is 0.336 e. The Morgan fingerprint density at radius 3 is 2.75 bits per heavy atom. The van der Waals surface area contributed by atoms with E-state index in [0.717, 1.165) is 6.42 Å². The van der Waals surface area contributed by atoms with Gasteiger partial charge in [0, 0.05) is 6.54 Å². The highest BCUT2D eigenvalue weighted by Gasteiger charge is 2.28. The topological polar surface area (TPSA) is 69.6 Å². The van der Waals surface area contributed by atoms with Gasteiger partial charge in [0.2, 0.25) is 0 Å². The predicted molar refractivity (Wildman–Crippen MR) is 45.9 cm³/mol. The summed E-state index contributed by atoms with van der Waals surface area (Å²) in [5, 5.41) is 20.5. The van der Waals surface area contributed by atoms with Gasteiger partial charge in [0.15, 0.2) is 5.60 Å². The average molecular weight is 173 g/mol. The average Bonchev–Trinajstić information content (AvgIpc) is 1.98. The van der Waals surface area contributed by atoms with Crippen molar-refractivity contribution in [1.82, 2.24) is 5.32 Å². The quantitative estimate of drug-likeness (QED) is 0.390. The summed E-state index contributed by atoms with van der Waals surface area (Å²) in [6.45, 7) is 5.45. The van der Waals surface area contributed by atoms with Gasteiger partial charge in [0.25, 0.3) is 0 Å². The van der Waals surface area contributed by atoms with Gasteiger partial charge in [-0.1, -0.05) is 6.08 Å². The van der Waals surface area contributed by atoms with Crippen LogP contribution in [-0.2, 0) is 4.79 Å². The second-order valence-electron chi connectivity index (χ2n) is 2.83. The molecule has 12 heavy (non-hydrogen) atoms. The van der Waals surface area contributed by atoms with Gasteiger partial charge in [-0.15, -0.1) is 6.58 Å². The number of hydrogen-bond acceptors (Lipinski definition) is 3. The molecular weight excluding hydrogens is 158 g/mol. The van der Waals surface area contributed by atoms with Gasteiger partial charge in [-0.05, 0) is 19.9 Å². The van der Waals surface area contributed by atoms with Crippen LogP contribution in [0.15, 0.2) is 12.7 Å². The van der Waals surface area contributed by atoms with Crippen molar-refractivity contribution in [2.45, 2.75) is 18.9 Å². The summed E-state index contributed by atoms with van der Waals surface area (Å²) in [6.07, 6.45) is 2.48. The van der Waals surface area contributed by atoms with Gasteiger partial charge >= 0.3 is 5.97 Å². The molecule has 0 spiro atoms. The summed E-state index contributed by atoms with van der Waals surface area (Å²) in [5.41, 5.74) is -1.68. The van der Waals surface area contributed by atoms with Gasteiger partial charge < -0.3 is 15.5 Å². The van der Waals surface area contributed by atoms with Crippen LogP contribution in [0.2, 0.25) is 0 Å². The van der Waals surface area contributed by atoms with E-state index >= 15 is 0 Å². The fraction of sp³-hybridized carbons (Fsp3) is 0.625. The summed E-state index contributed by atoms with van der Waals surface area (Å²) in [7, 11) is 0. The number of rotatable bonds is 6. The Morgan fingerprint density at radius 1 is 1.75 bits per heavy atom. The van der Waals surface area contributed by atoms with E-state index in [9.17, 15) is 9.90 Å². The summed E-state index contributed by atoms with van der Waals surface area (Å²) in [4.78, 5) is 10.4. The van der Waals surface area contributed by atoms with Crippen molar-refractivity contribution in [2.24, 2.45) is 0 Å². The van der Waals surface area contributed by atoms with E-state index < -0.39 is 11.6 Å². The largest absolute Gasteiger partial charge is 0.479 e. The first-order valence-electron chi connectivity index (χ1n) is 3.78. The SMILES string of the molecule is C=CCCNCC(C)(O)C(=O)O. The lowest BCUT2D eigenvalue weighted by atomic mass is 10.1. The summed E-state index contributed by atoms with van der Waals surface area (Å²) in [5.74, 6) is -1.21. The minimum Gasteiger partial charge on any atom is -0.479 e. The first-order chi connectivity index (χ1) is 5.50. The van der Waals surface area contributed by atoms with Crippen molar-refractivity contribution in [3.05, 3.63) is 12.7 Å². The third-order valence-electron chi connectivity index (χ3n) is 1.46. The molecule has 0 aliphatic rings. The van der Waals surface area contributed by atoms with E-state index in [1.807, 2.05) is 0 Å². The van der Waals surface area contributed by atoms with E-state index in [4.69, 9.17) is 5.11 Å². The maximum atomic E-state index is 10.4. The molecule has 1 unspecified atom stereocenters. The Bertz CT molecular complexity index is 166. The van der Waals surface area contributed by atoms with Crippen molar-refractivity contribution >= 4 is 5.97 Å². The van der Waals surface area contributed by atoms with Crippen molar-refractivity contribution in [2.75, 3.05) is 13.1 Å². The van der Waals surface area contributed by atoms with Crippen LogP contribution in [0.25, 0.3) is 0 Å². The monoisotopic (exact) mass is 173 g/mol. The van der Waals surface area contributed by atoms with Crippen LogP contribution < -0.4 is 5.32 Å². The summed E-state index contributed by atoms with van der Waals surface area (Å²) >= 11 is 0. The number of aliphatic carboxylic acids is 1. The zero-order valence-electron chi connectivity index (χ0n) is 7.21. The molecule has 0 aromatic rings. The molecule has 0 saturated carbocycles. The molecule has 70 valence electrons. The van der Waals surface area contributed by atoms with Crippen LogP contribution in [0.1, 0.15) is 13.3 Å². The molecule has 0 rings (SSSR count). The molecule has 0 aliphatic carbocycles. The molecule has 1 atom stereocenters. The molecule has 3 N–H and O–H groups in total. The van der Waals surface area contributed by atoms with E-state index in [-0.39, 0.29) is 6.54 Å². The van der Waals surface area contributed by atoms with Crippen LogP contribution in [-0.4, -0.2) is 34.9 Å². The number of carboxylic acid groups (broad SMARTS) is 1. The zero-order chi connectivity index (χ0) is 9.61. The van der Waals surface area contributed by atoms with Crippen molar-refractivity contribution in [3.63, 3.8) is 0 Å². The van der Waals surface area contributed by atoms with Gasteiger partial charge in [-0.2, -0.15) is 0 Å². The normalized spacial score (nSPS) is 15.2. The molecule has 0 heterocycles. The fourth-order valence-electron chi connectivity index (χ4n) is 0.612. The molecule has 4 nitrogen and oxygen atoms in total. The van der Waals surface area contributed by atoms with Gasteiger partial charge in [-0.3, -0.25) is 0 Å². The second-order valence-corrected chi connectivity index (χ2v) is 2.83. The number of carbonyl (C=O) groups is 1. The van der Waals surface area contributed by atoms with Crippen LogP contribution >= 0.6 is 0 Å². The molecular formula is C8H15NO3. The fourth-order valence-corrected chi connectivity index (χ4v) is 0.612. The Labute approximate surface area is 71.9 Å². The highest BCUT2D eigenvalue weighted by molar-refractivity contribution is 5.76. The first kappa shape index (κ1) is 11.1. The lowest BCUT2D eigenvalue weighted by Crippen LogP contribution is -2.44. The van der Waals surface area contributed by atoms with Gasteiger partial charge in [-0.25, -0.2) is 4.79 Å². The number of carboxylic acids is 1. The predicted octanol–water partition coefficient (Wildman–Crippen LogP) is -0.0123. The van der Waals surface area contributed by atoms with Crippen LogP contribution in [0.5, 0.6) is 0 Å². The van der Waals surface area contributed by atoms with Crippen molar-refractivity contribution in [1.29, 1.82) is 0 Å². The molecule has 0 fully saturated rings. The van der Waals surface area contributed by atoms with Crippen molar-refractivity contribution in [3.8, 4) is 0 Å². The standard InChI is InChI=1S/C8H15NO3/c1-3-4-5-9-6-8(2,12)7(10)11/h3,9,12H,1,4-6H2,2H3,(H,10,11). The molecule has 0 radical (unpaired) electrons. The molecule has 4 heteroatoms. The van der Waals surface area contributed by atoms with Crippen molar-refractivity contribution < 1.29 is 15.0 Å². The first-order valence-corrected chi connectivity index (χ1v) is 3.78. The minimum absolute atomic E-state index is 0.0518. The molecule has 0 aromatic heterocycles. The summed E-state index contributed by atoms with van der Waals surface area (Å²) < 4.78 is 0.